The van der Waals surface area contributed by atoms with Crippen molar-refractivity contribution in [3.8, 4) is 6.07 Å². The molecule has 0 radical (unpaired) electrons. The van der Waals surface area contributed by atoms with Gasteiger partial charge in [-0.1, -0.05) is 6.42 Å². The fourth-order valence-corrected chi connectivity index (χ4v) is 2.40. The number of aldehydes is 1. The monoisotopic (exact) mass is 165 g/mol. The Morgan fingerprint density at radius 3 is 2.33 bits per heavy atom. The number of carbonyl (C=O) groups is 1. The third-order valence-corrected chi connectivity index (χ3v) is 2.90. The largest absolute Gasteiger partial charge is 0.304 e. The minimum absolute atomic E-state index is 0.434. The van der Waals surface area contributed by atoms with Gasteiger partial charge in [-0.25, -0.2) is 0 Å². The molecule has 3 atom stereocenters. The molecule has 0 spiro atoms. The van der Waals surface area contributed by atoms with E-state index < -0.39 is 0 Å². The minimum atomic E-state index is 0.434. The van der Waals surface area contributed by atoms with Crippen LogP contribution in [0.25, 0.3) is 0 Å². The fourth-order valence-electron chi connectivity index (χ4n) is 2.40. The van der Waals surface area contributed by atoms with Crippen molar-refractivity contribution in [3.63, 3.8) is 0 Å². The maximum absolute atomic E-state index is 8.81. The van der Waals surface area contributed by atoms with Crippen LogP contribution in [0.5, 0.6) is 0 Å². The molecule has 2 saturated carbocycles. The maximum Gasteiger partial charge on any atom is 0.116 e. The van der Waals surface area contributed by atoms with Gasteiger partial charge in [0.15, 0.2) is 0 Å². The summed E-state index contributed by atoms with van der Waals surface area (Å²) >= 11 is 0. The lowest BCUT2D eigenvalue weighted by atomic mass is 9.90. The molecule has 2 rings (SSSR count). The van der Waals surface area contributed by atoms with E-state index in [1.165, 1.54) is 32.6 Å². The van der Waals surface area contributed by atoms with Gasteiger partial charge in [-0.2, -0.15) is 5.26 Å². The molecule has 2 nitrogen and oxygen atoms in total. The highest BCUT2D eigenvalue weighted by Gasteiger charge is 2.39. The lowest BCUT2D eigenvalue weighted by Crippen LogP contribution is -2.06. The second kappa shape index (κ2) is 4.25. The SMILES string of the molecule is CC=O.N#CC1CC2CCC1C2. The van der Waals surface area contributed by atoms with E-state index in [9.17, 15) is 0 Å². The fraction of sp³-hybridized carbons (Fsp3) is 0.800. The highest BCUT2D eigenvalue weighted by atomic mass is 16.1. The van der Waals surface area contributed by atoms with Crippen molar-refractivity contribution in [2.24, 2.45) is 17.8 Å². The zero-order chi connectivity index (χ0) is 8.97. The number of fused-ring (bicyclic) bond motifs is 2. The van der Waals surface area contributed by atoms with Gasteiger partial charge in [0.2, 0.25) is 0 Å². The molecule has 0 heterocycles. The van der Waals surface area contributed by atoms with Gasteiger partial charge in [0.1, 0.15) is 6.29 Å². The highest BCUT2D eigenvalue weighted by Crippen LogP contribution is 2.47. The molecule has 0 amide bonds. The molecule has 66 valence electrons. The van der Waals surface area contributed by atoms with Crippen LogP contribution in [-0.4, -0.2) is 6.29 Å². The summed E-state index contributed by atoms with van der Waals surface area (Å²) in [5.74, 6) is 2.16. The molecule has 2 heteroatoms. The van der Waals surface area contributed by atoms with Gasteiger partial charge in [0.25, 0.3) is 0 Å². The molecular weight excluding hydrogens is 150 g/mol. The van der Waals surface area contributed by atoms with Crippen LogP contribution >= 0.6 is 0 Å². The summed E-state index contributed by atoms with van der Waals surface area (Å²) in [6.07, 6.45) is 6.06. The summed E-state index contributed by atoms with van der Waals surface area (Å²) in [4.78, 5) is 8.81. The quantitative estimate of drug-likeness (QED) is 0.516. The van der Waals surface area contributed by atoms with Gasteiger partial charge in [-0.3, -0.25) is 0 Å². The van der Waals surface area contributed by atoms with Gasteiger partial charge in [0, 0.05) is 5.92 Å². The van der Waals surface area contributed by atoms with Crippen LogP contribution in [-0.2, 0) is 4.79 Å². The Morgan fingerprint density at radius 2 is 2.08 bits per heavy atom. The first kappa shape index (κ1) is 9.25. The smallest absolute Gasteiger partial charge is 0.116 e. The van der Waals surface area contributed by atoms with Crippen molar-refractivity contribution >= 4 is 6.29 Å². The maximum atomic E-state index is 8.81. The Bertz CT molecular complexity index is 195. The van der Waals surface area contributed by atoms with Crippen LogP contribution in [0.1, 0.15) is 32.6 Å². The molecule has 0 aromatic rings. The van der Waals surface area contributed by atoms with Gasteiger partial charge in [-0.15, -0.1) is 0 Å². The summed E-state index contributed by atoms with van der Waals surface area (Å²) in [6.45, 7) is 1.44. The van der Waals surface area contributed by atoms with Crippen LogP contribution in [0.3, 0.4) is 0 Å². The Morgan fingerprint density at radius 1 is 1.42 bits per heavy atom. The van der Waals surface area contributed by atoms with E-state index in [4.69, 9.17) is 10.1 Å². The van der Waals surface area contributed by atoms with Crippen LogP contribution < -0.4 is 0 Å². The number of hydrogen-bond donors (Lipinski definition) is 0. The van der Waals surface area contributed by atoms with Gasteiger partial charge >= 0.3 is 0 Å². The molecule has 3 unspecified atom stereocenters. The topological polar surface area (TPSA) is 40.9 Å². The summed E-state index contributed by atoms with van der Waals surface area (Å²) in [5, 5.41) is 8.64. The Labute approximate surface area is 73.6 Å². The molecule has 0 aromatic heterocycles. The molecule has 2 aliphatic carbocycles. The third kappa shape index (κ3) is 1.85. The molecule has 0 N–H and O–H groups in total. The third-order valence-electron chi connectivity index (χ3n) is 2.90. The molecule has 0 aromatic carbocycles. The van der Waals surface area contributed by atoms with Gasteiger partial charge in [0.05, 0.1) is 6.07 Å². The van der Waals surface area contributed by atoms with E-state index in [0.717, 1.165) is 18.1 Å². The normalized spacial score (nSPS) is 36.5. The molecular formula is C10H15NO. The van der Waals surface area contributed by atoms with E-state index in [2.05, 4.69) is 6.07 Å². The number of carbonyl (C=O) groups excluding carboxylic acids is 1. The van der Waals surface area contributed by atoms with Gasteiger partial charge in [-0.05, 0) is 38.0 Å². The summed E-state index contributed by atoms with van der Waals surface area (Å²) < 4.78 is 0. The molecule has 2 fully saturated rings. The van der Waals surface area contributed by atoms with E-state index in [1.54, 1.807) is 0 Å². The van der Waals surface area contributed by atoms with E-state index in [0.29, 0.717) is 5.92 Å². The predicted molar refractivity (Wildman–Crippen MR) is 46.3 cm³/mol. The Kier molecular flexibility index (Phi) is 3.28. The predicted octanol–water partition coefficient (Wildman–Crippen LogP) is 2.15. The molecule has 0 aliphatic heterocycles. The van der Waals surface area contributed by atoms with E-state index >= 15 is 0 Å². The first-order chi connectivity index (χ1) is 5.81. The van der Waals surface area contributed by atoms with Crippen LogP contribution in [0.15, 0.2) is 0 Å². The zero-order valence-electron chi connectivity index (χ0n) is 7.49. The second-order valence-electron chi connectivity index (χ2n) is 3.65. The number of nitrogens with zero attached hydrogens (tertiary/aromatic N) is 1. The van der Waals surface area contributed by atoms with Crippen molar-refractivity contribution in [1.82, 2.24) is 0 Å². The number of nitriles is 1. The van der Waals surface area contributed by atoms with Crippen molar-refractivity contribution in [3.05, 3.63) is 0 Å². The first-order valence-electron chi connectivity index (χ1n) is 4.61. The van der Waals surface area contributed by atoms with Gasteiger partial charge < -0.3 is 4.79 Å². The van der Waals surface area contributed by atoms with Crippen LogP contribution in [0.2, 0.25) is 0 Å². The standard InChI is InChI=1S/C8H11N.C2H4O/c9-5-8-4-6-1-2-7(8)3-6;1-2-3/h6-8H,1-4H2;2H,1H3. The highest BCUT2D eigenvalue weighted by molar-refractivity contribution is 5.44. The lowest BCUT2D eigenvalue weighted by Gasteiger charge is -2.12. The zero-order valence-corrected chi connectivity index (χ0v) is 7.49. The molecule has 2 aliphatic rings. The summed E-state index contributed by atoms with van der Waals surface area (Å²) in [6, 6.07) is 2.40. The molecule has 2 bridgehead atoms. The minimum Gasteiger partial charge on any atom is -0.304 e. The number of rotatable bonds is 0. The van der Waals surface area contributed by atoms with Crippen molar-refractivity contribution in [1.29, 1.82) is 5.26 Å². The van der Waals surface area contributed by atoms with Crippen molar-refractivity contribution in [2.45, 2.75) is 32.6 Å². The van der Waals surface area contributed by atoms with Crippen molar-refractivity contribution < 1.29 is 4.79 Å². The number of hydrogen-bond acceptors (Lipinski definition) is 2. The average molecular weight is 165 g/mol. The van der Waals surface area contributed by atoms with E-state index in [-0.39, 0.29) is 0 Å². The summed E-state index contributed by atoms with van der Waals surface area (Å²) in [7, 11) is 0. The average Bonchev–Trinajstić information content (AvgIpc) is 2.65. The Hall–Kier alpha value is -0.840. The van der Waals surface area contributed by atoms with E-state index in [1.807, 2.05) is 0 Å². The molecule has 0 saturated heterocycles. The first-order valence-corrected chi connectivity index (χ1v) is 4.61. The molecule has 12 heavy (non-hydrogen) atoms. The Balaban J connectivity index is 0.000000213. The van der Waals surface area contributed by atoms with Crippen molar-refractivity contribution in [2.75, 3.05) is 0 Å². The van der Waals surface area contributed by atoms with Crippen LogP contribution in [0, 0.1) is 29.1 Å². The van der Waals surface area contributed by atoms with Crippen LogP contribution in [0.4, 0.5) is 0 Å². The summed E-state index contributed by atoms with van der Waals surface area (Å²) in [5.41, 5.74) is 0. The lowest BCUT2D eigenvalue weighted by molar-refractivity contribution is -0.106. The second-order valence-corrected chi connectivity index (χ2v) is 3.65.